The Kier molecular flexibility index (Phi) is 6.88. The third-order valence-electron chi connectivity index (χ3n) is 6.85. The zero-order chi connectivity index (χ0) is 23.5. The third-order valence-corrected chi connectivity index (χ3v) is 6.85. The summed E-state index contributed by atoms with van der Waals surface area (Å²) in [5.41, 5.74) is 2.96. The van der Waals surface area contributed by atoms with Gasteiger partial charge in [0.15, 0.2) is 0 Å². The lowest BCUT2D eigenvalue weighted by molar-refractivity contribution is -0.143. The number of likely N-dealkylation sites (tertiary alicyclic amines) is 1. The summed E-state index contributed by atoms with van der Waals surface area (Å²) in [6.45, 7) is 5.28. The molecule has 4 unspecified atom stereocenters. The van der Waals surface area contributed by atoms with E-state index >= 15 is 0 Å². The Hall–Kier alpha value is -3.06. The molecule has 2 aromatic rings. The number of hydrogen-bond acceptors (Lipinski definition) is 5. The molecule has 1 fully saturated rings. The van der Waals surface area contributed by atoms with E-state index in [2.05, 4.69) is 11.4 Å². The molecule has 2 N–H and O–H groups in total. The van der Waals surface area contributed by atoms with Crippen LogP contribution in [-0.2, 0) is 16.0 Å². The summed E-state index contributed by atoms with van der Waals surface area (Å²) in [6, 6.07) is 13.1. The molecule has 1 saturated heterocycles. The minimum atomic E-state index is -0.859. The van der Waals surface area contributed by atoms with Crippen LogP contribution in [0.4, 0.5) is 0 Å². The first-order valence-electron chi connectivity index (χ1n) is 11.6. The number of rotatable bonds is 8. The molecule has 0 saturated carbocycles. The second-order valence-corrected chi connectivity index (χ2v) is 8.96. The third kappa shape index (κ3) is 4.83. The first-order valence-corrected chi connectivity index (χ1v) is 11.6. The van der Waals surface area contributed by atoms with Crippen molar-refractivity contribution in [1.82, 2.24) is 10.2 Å². The van der Waals surface area contributed by atoms with Crippen molar-refractivity contribution in [3.05, 3.63) is 59.2 Å². The molecule has 7 heteroatoms. The van der Waals surface area contributed by atoms with Gasteiger partial charge in [-0.1, -0.05) is 31.2 Å². The molecule has 1 amide bonds. The number of amides is 1. The van der Waals surface area contributed by atoms with Crippen LogP contribution in [0.3, 0.4) is 0 Å². The van der Waals surface area contributed by atoms with Crippen LogP contribution in [0, 0.1) is 5.92 Å². The summed E-state index contributed by atoms with van der Waals surface area (Å²) in [5.74, 6) is -0.288. The summed E-state index contributed by atoms with van der Waals surface area (Å²) >= 11 is 0. The molecule has 0 radical (unpaired) electrons. The van der Waals surface area contributed by atoms with E-state index in [0.717, 1.165) is 35.3 Å². The van der Waals surface area contributed by atoms with Crippen molar-refractivity contribution in [2.75, 3.05) is 26.8 Å². The highest BCUT2D eigenvalue weighted by atomic mass is 16.5. The number of carboxylic acids is 1. The highest BCUT2D eigenvalue weighted by molar-refractivity contribution is 5.79. The van der Waals surface area contributed by atoms with Gasteiger partial charge in [-0.2, -0.15) is 0 Å². The molecule has 2 aromatic carbocycles. The fraction of sp³-hybridized carbons (Fsp3) is 0.462. The minimum Gasteiger partial charge on any atom is -0.497 e. The summed E-state index contributed by atoms with van der Waals surface area (Å²) in [4.78, 5) is 27.4. The smallest absolute Gasteiger partial charge is 0.309 e. The number of benzene rings is 2. The Bertz CT molecular complexity index is 1010. The Balaban J connectivity index is 1.69. The van der Waals surface area contributed by atoms with Crippen molar-refractivity contribution < 1.29 is 24.2 Å². The van der Waals surface area contributed by atoms with Gasteiger partial charge in [-0.15, -0.1) is 0 Å². The molecule has 2 aliphatic rings. The zero-order valence-electron chi connectivity index (χ0n) is 19.4. The van der Waals surface area contributed by atoms with E-state index in [1.807, 2.05) is 55.1 Å². The number of nitrogens with one attached hydrogen (secondary N) is 1. The number of hydrogen-bond donors (Lipinski definition) is 2. The van der Waals surface area contributed by atoms with Gasteiger partial charge in [0.25, 0.3) is 0 Å². The number of carbonyl (C=O) groups excluding carboxylic acids is 1. The second-order valence-electron chi connectivity index (χ2n) is 8.96. The number of carbonyl (C=O) groups is 2. The van der Waals surface area contributed by atoms with Gasteiger partial charge in [-0.3, -0.25) is 14.5 Å². The van der Waals surface area contributed by atoms with E-state index < -0.39 is 17.9 Å². The van der Waals surface area contributed by atoms with Gasteiger partial charge in [-0.05, 0) is 48.2 Å². The standard InChI is InChI=1S/C26H32N2O5/c1-4-16(2)27-23(29)15-28-14-21(18-7-10-22-19(13-18)11-12-33-22)24(26(30)31)25(28)17-5-8-20(32-3)9-6-17/h5-10,13,16,21,24-25H,4,11-12,14-15H2,1-3H3,(H,27,29)(H,30,31). The molecule has 4 atom stereocenters. The van der Waals surface area contributed by atoms with Gasteiger partial charge in [-0.25, -0.2) is 0 Å². The molecule has 33 heavy (non-hydrogen) atoms. The van der Waals surface area contributed by atoms with Gasteiger partial charge in [0, 0.05) is 31.0 Å². The van der Waals surface area contributed by atoms with E-state index in [1.165, 1.54) is 0 Å². The second kappa shape index (κ2) is 9.83. The zero-order valence-corrected chi connectivity index (χ0v) is 19.4. The molecule has 2 aliphatic heterocycles. The molecule has 2 heterocycles. The summed E-state index contributed by atoms with van der Waals surface area (Å²) in [5, 5.41) is 13.3. The Morgan fingerprint density at radius 3 is 2.61 bits per heavy atom. The van der Waals surface area contributed by atoms with Crippen LogP contribution in [0.5, 0.6) is 11.5 Å². The normalized spacial score (nSPS) is 22.9. The first-order chi connectivity index (χ1) is 15.9. The Morgan fingerprint density at radius 2 is 1.94 bits per heavy atom. The van der Waals surface area contributed by atoms with Crippen molar-refractivity contribution in [1.29, 1.82) is 0 Å². The van der Waals surface area contributed by atoms with Crippen molar-refractivity contribution in [3.63, 3.8) is 0 Å². The predicted octanol–water partition coefficient (Wildman–Crippen LogP) is 3.39. The molecule has 0 aliphatic carbocycles. The van der Waals surface area contributed by atoms with Gasteiger partial charge < -0.3 is 19.9 Å². The maximum absolute atomic E-state index is 12.8. The van der Waals surface area contributed by atoms with E-state index in [4.69, 9.17) is 9.47 Å². The number of fused-ring (bicyclic) bond motifs is 1. The Morgan fingerprint density at radius 1 is 1.21 bits per heavy atom. The van der Waals surface area contributed by atoms with E-state index in [9.17, 15) is 14.7 Å². The van der Waals surface area contributed by atoms with Crippen LogP contribution in [0.2, 0.25) is 0 Å². The number of methoxy groups -OCH3 is 1. The van der Waals surface area contributed by atoms with Crippen LogP contribution in [0.25, 0.3) is 0 Å². The van der Waals surface area contributed by atoms with Crippen molar-refractivity contribution in [3.8, 4) is 11.5 Å². The van der Waals surface area contributed by atoms with Crippen LogP contribution in [0.15, 0.2) is 42.5 Å². The summed E-state index contributed by atoms with van der Waals surface area (Å²) in [7, 11) is 1.60. The van der Waals surface area contributed by atoms with Crippen LogP contribution >= 0.6 is 0 Å². The largest absolute Gasteiger partial charge is 0.497 e. The lowest BCUT2D eigenvalue weighted by Crippen LogP contribution is -2.41. The SMILES string of the molecule is CCC(C)NC(=O)CN1CC(c2ccc3c(c2)CCO3)C(C(=O)O)C1c1ccc(OC)cc1. The molecule has 0 bridgehead atoms. The fourth-order valence-electron chi connectivity index (χ4n) is 4.97. The first kappa shape index (κ1) is 23.1. The maximum atomic E-state index is 12.8. The number of carboxylic acid groups (broad SMARTS) is 1. The molecule has 7 nitrogen and oxygen atoms in total. The van der Waals surface area contributed by atoms with Crippen LogP contribution < -0.4 is 14.8 Å². The number of nitrogens with zero attached hydrogens (tertiary/aromatic N) is 1. The average Bonchev–Trinajstić information content (AvgIpc) is 3.43. The minimum absolute atomic E-state index is 0.0716. The highest BCUT2D eigenvalue weighted by Gasteiger charge is 2.48. The Labute approximate surface area is 194 Å². The van der Waals surface area contributed by atoms with E-state index in [-0.39, 0.29) is 24.4 Å². The van der Waals surface area contributed by atoms with Crippen LogP contribution in [0.1, 0.15) is 48.9 Å². The summed E-state index contributed by atoms with van der Waals surface area (Å²) < 4.78 is 10.9. The molecular weight excluding hydrogens is 420 g/mol. The van der Waals surface area contributed by atoms with Gasteiger partial charge in [0.05, 0.1) is 26.2 Å². The monoisotopic (exact) mass is 452 g/mol. The average molecular weight is 453 g/mol. The maximum Gasteiger partial charge on any atom is 0.309 e. The number of ether oxygens (including phenoxy) is 2. The molecule has 0 aromatic heterocycles. The van der Waals surface area contributed by atoms with E-state index in [0.29, 0.717) is 18.9 Å². The van der Waals surface area contributed by atoms with Gasteiger partial charge in [0.1, 0.15) is 11.5 Å². The molecule has 176 valence electrons. The quantitative estimate of drug-likeness (QED) is 0.638. The number of aliphatic carboxylic acids is 1. The highest BCUT2D eigenvalue weighted by Crippen LogP contribution is 2.46. The summed E-state index contributed by atoms with van der Waals surface area (Å²) in [6.07, 6.45) is 1.67. The predicted molar refractivity (Wildman–Crippen MR) is 125 cm³/mol. The van der Waals surface area contributed by atoms with Crippen molar-refractivity contribution in [2.45, 2.75) is 44.7 Å². The van der Waals surface area contributed by atoms with Gasteiger partial charge in [0.2, 0.25) is 5.91 Å². The molecular formula is C26H32N2O5. The van der Waals surface area contributed by atoms with E-state index in [1.54, 1.807) is 7.11 Å². The topological polar surface area (TPSA) is 88.1 Å². The lowest BCUT2D eigenvalue weighted by atomic mass is 9.82. The van der Waals surface area contributed by atoms with Crippen molar-refractivity contribution in [2.24, 2.45) is 5.92 Å². The van der Waals surface area contributed by atoms with Crippen molar-refractivity contribution >= 4 is 11.9 Å². The molecule has 0 spiro atoms. The van der Waals surface area contributed by atoms with Crippen LogP contribution in [-0.4, -0.2) is 54.7 Å². The van der Waals surface area contributed by atoms with Gasteiger partial charge >= 0.3 is 5.97 Å². The fourth-order valence-corrected chi connectivity index (χ4v) is 4.97. The lowest BCUT2D eigenvalue weighted by Gasteiger charge is -2.27. The molecule has 4 rings (SSSR count).